The molecule has 0 unspecified atom stereocenters. The van der Waals surface area contributed by atoms with Crippen molar-refractivity contribution in [3.8, 4) is 5.75 Å². The first-order valence-electron chi connectivity index (χ1n) is 7.75. The molecule has 1 aliphatic rings. The van der Waals surface area contributed by atoms with E-state index in [9.17, 15) is 26.4 Å². The Morgan fingerprint density at radius 2 is 1.81 bits per heavy atom. The number of nitrogens with one attached hydrogen (secondary N) is 1. The third-order valence-electron chi connectivity index (χ3n) is 4.10. The van der Waals surface area contributed by atoms with E-state index in [1.807, 2.05) is 0 Å². The molecule has 0 aromatic heterocycles. The van der Waals surface area contributed by atoms with Crippen LogP contribution < -0.4 is 9.46 Å². The number of halogens is 3. The highest BCUT2D eigenvalue weighted by molar-refractivity contribution is 7.93. The first-order valence-corrected chi connectivity index (χ1v) is 9.24. The molecule has 0 radical (unpaired) electrons. The highest BCUT2D eigenvalue weighted by Gasteiger charge is 2.46. The summed E-state index contributed by atoms with van der Waals surface area (Å²) in [4.78, 5) is 14.1. The van der Waals surface area contributed by atoms with E-state index >= 15 is 0 Å². The number of sulfonamides is 1. The van der Waals surface area contributed by atoms with Crippen molar-refractivity contribution in [1.82, 2.24) is 4.90 Å². The van der Waals surface area contributed by atoms with E-state index in [2.05, 4.69) is 0 Å². The molecule has 6 nitrogen and oxygen atoms in total. The van der Waals surface area contributed by atoms with E-state index in [0.717, 1.165) is 5.56 Å². The minimum Gasteiger partial charge on any atom is -0.496 e. The molecule has 2 aromatic rings. The Morgan fingerprint density at radius 3 is 2.41 bits per heavy atom. The van der Waals surface area contributed by atoms with Crippen LogP contribution in [0.4, 0.5) is 18.9 Å². The van der Waals surface area contributed by atoms with Crippen molar-refractivity contribution in [3.63, 3.8) is 0 Å². The zero-order valence-electron chi connectivity index (χ0n) is 14.1. The largest absolute Gasteiger partial charge is 0.516 e. The molecule has 1 amide bonds. The number of anilines is 1. The number of alkyl halides is 3. The lowest BCUT2D eigenvalue weighted by atomic mass is 10.1. The third-order valence-corrected chi connectivity index (χ3v) is 5.22. The summed E-state index contributed by atoms with van der Waals surface area (Å²) < 4.78 is 66.1. The molecule has 0 saturated carbocycles. The maximum absolute atomic E-state index is 12.5. The molecule has 1 N–H and O–H groups in total. The van der Waals surface area contributed by atoms with Gasteiger partial charge in [-0.25, -0.2) is 0 Å². The second-order valence-corrected chi connectivity index (χ2v) is 7.57. The van der Waals surface area contributed by atoms with Crippen molar-refractivity contribution in [1.29, 1.82) is 0 Å². The maximum Gasteiger partial charge on any atom is 0.516 e. The van der Waals surface area contributed by atoms with Crippen LogP contribution in [-0.4, -0.2) is 31.8 Å². The first-order chi connectivity index (χ1) is 12.6. The molecule has 0 aliphatic carbocycles. The normalized spacial score (nSPS) is 14.2. The average Bonchev–Trinajstić information content (AvgIpc) is 2.91. The van der Waals surface area contributed by atoms with Gasteiger partial charge in [0.1, 0.15) is 5.75 Å². The summed E-state index contributed by atoms with van der Waals surface area (Å²) >= 11 is 0. The van der Waals surface area contributed by atoms with E-state index in [-0.39, 0.29) is 18.1 Å². The van der Waals surface area contributed by atoms with Gasteiger partial charge < -0.3 is 9.64 Å². The van der Waals surface area contributed by atoms with Gasteiger partial charge in [-0.05, 0) is 29.8 Å². The van der Waals surface area contributed by atoms with Crippen LogP contribution in [0.3, 0.4) is 0 Å². The van der Waals surface area contributed by atoms with Crippen molar-refractivity contribution in [3.05, 3.63) is 59.2 Å². The number of amides is 1. The number of hydrogen-bond donors (Lipinski definition) is 1. The van der Waals surface area contributed by atoms with Crippen molar-refractivity contribution in [2.24, 2.45) is 0 Å². The van der Waals surface area contributed by atoms with Gasteiger partial charge in [0, 0.05) is 23.4 Å². The Hall–Kier alpha value is -2.75. The smallest absolute Gasteiger partial charge is 0.496 e. The fraction of sp³-hybridized carbons (Fsp3) is 0.235. The average molecular weight is 400 g/mol. The number of ether oxygens (including phenoxy) is 1. The monoisotopic (exact) mass is 400 g/mol. The SMILES string of the molecule is COc1cccc2c1CN(Cc1ccc(NS(=O)(=O)C(F)(F)F)cc1)C2=O. The minimum atomic E-state index is -5.47. The molecule has 3 rings (SSSR count). The van der Waals surface area contributed by atoms with Crippen LogP contribution in [0, 0.1) is 0 Å². The van der Waals surface area contributed by atoms with Gasteiger partial charge in [-0.2, -0.15) is 21.6 Å². The van der Waals surface area contributed by atoms with E-state index < -0.39 is 15.5 Å². The molecule has 27 heavy (non-hydrogen) atoms. The van der Waals surface area contributed by atoms with Gasteiger partial charge in [0.15, 0.2) is 0 Å². The Morgan fingerprint density at radius 1 is 1.15 bits per heavy atom. The van der Waals surface area contributed by atoms with E-state index in [1.54, 1.807) is 23.1 Å². The summed E-state index contributed by atoms with van der Waals surface area (Å²) in [5.74, 6) is 0.436. The van der Waals surface area contributed by atoms with Crippen LogP contribution >= 0.6 is 0 Å². The van der Waals surface area contributed by atoms with Gasteiger partial charge in [0.25, 0.3) is 5.91 Å². The summed E-state index contributed by atoms with van der Waals surface area (Å²) in [6, 6.07) is 10.5. The number of carbonyl (C=O) groups is 1. The van der Waals surface area contributed by atoms with Gasteiger partial charge in [-0.1, -0.05) is 18.2 Å². The Labute approximate surface area is 153 Å². The second-order valence-electron chi connectivity index (χ2n) is 5.90. The molecule has 1 aliphatic heterocycles. The molecule has 0 saturated heterocycles. The van der Waals surface area contributed by atoms with Crippen LogP contribution in [0.25, 0.3) is 0 Å². The van der Waals surface area contributed by atoms with Crippen LogP contribution in [0.1, 0.15) is 21.5 Å². The second kappa shape index (κ2) is 6.76. The molecular formula is C17H15F3N2O4S. The summed E-state index contributed by atoms with van der Waals surface area (Å²) in [6.07, 6.45) is 0. The third kappa shape index (κ3) is 3.70. The molecule has 144 valence electrons. The highest BCUT2D eigenvalue weighted by atomic mass is 32.2. The molecule has 0 fully saturated rings. The van der Waals surface area contributed by atoms with Crippen molar-refractivity contribution < 1.29 is 31.1 Å². The number of hydrogen-bond acceptors (Lipinski definition) is 4. The molecule has 10 heteroatoms. The number of nitrogens with zero attached hydrogens (tertiary/aromatic N) is 1. The van der Waals surface area contributed by atoms with Crippen LogP contribution in [-0.2, 0) is 23.1 Å². The van der Waals surface area contributed by atoms with Crippen LogP contribution in [0.5, 0.6) is 5.75 Å². The van der Waals surface area contributed by atoms with E-state index in [0.29, 0.717) is 23.4 Å². The number of rotatable bonds is 5. The predicted octanol–water partition coefficient (Wildman–Crippen LogP) is 3.11. The van der Waals surface area contributed by atoms with Gasteiger partial charge in [-0.3, -0.25) is 9.52 Å². The van der Waals surface area contributed by atoms with E-state index in [1.165, 1.54) is 36.1 Å². The quantitative estimate of drug-likeness (QED) is 0.837. The Bertz CT molecular complexity index is 973. The molecule has 0 spiro atoms. The maximum atomic E-state index is 12.5. The fourth-order valence-electron chi connectivity index (χ4n) is 2.79. The molecular weight excluding hydrogens is 385 g/mol. The lowest BCUT2D eigenvalue weighted by Gasteiger charge is -2.16. The summed E-state index contributed by atoms with van der Waals surface area (Å²) in [5.41, 5.74) is -3.64. The van der Waals surface area contributed by atoms with Gasteiger partial charge in [0.05, 0.1) is 13.7 Å². The molecule has 2 aromatic carbocycles. The summed E-state index contributed by atoms with van der Waals surface area (Å²) in [7, 11) is -3.95. The number of fused-ring (bicyclic) bond motifs is 1. The zero-order valence-corrected chi connectivity index (χ0v) is 14.9. The molecule has 0 atom stereocenters. The number of carbonyl (C=O) groups excluding carboxylic acids is 1. The minimum absolute atomic E-state index is 0.175. The Kier molecular flexibility index (Phi) is 4.77. The topological polar surface area (TPSA) is 75.7 Å². The van der Waals surface area contributed by atoms with Gasteiger partial charge >= 0.3 is 15.5 Å². The molecule has 1 heterocycles. The van der Waals surface area contributed by atoms with Crippen molar-refractivity contribution in [2.75, 3.05) is 11.8 Å². The van der Waals surface area contributed by atoms with Crippen LogP contribution in [0.2, 0.25) is 0 Å². The predicted molar refractivity (Wildman–Crippen MR) is 91.6 cm³/mol. The van der Waals surface area contributed by atoms with Crippen LogP contribution in [0.15, 0.2) is 42.5 Å². The van der Waals surface area contributed by atoms with Gasteiger partial charge in [0.2, 0.25) is 0 Å². The van der Waals surface area contributed by atoms with Gasteiger partial charge in [-0.15, -0.1) is 0 Å². The summed E-state index contributed by atoms with van der Waals surface area (Å²) in [5, 5.41) is 0. The Balaban J connectivity index is 1.72. The van der Waals surface area contributed by atoms with E-state index in [4.69, 9.17) is 4.74 Å². The number of benzene rings is 2. The molecule has 0 bridgehead atoms. The standard InChI is InChI=1S/C17H15F3N2O4S/c1-26-15-4-2-3-13-14(15)10-22(16(13)23)9-11-5-7-12(8-6-11)21-27(24,25)17(18,19)20/h2-8,21H,9-10H2,1H3. The lowest BCUT2D eigenvalue weighted by Crippen LogP contribution is -2.29. The highest BCUT2D eigenvalue weighted by Crippen LogP contribution is 2.32. The zero-order chi connectivity index (χ0) is 19.8. The first kappa shape index (κ1) is 19.0. The fourth-order valence-corrected chi connectivity index (χ4v) is 3.35. The van der Waals surface area contributed by atoms with Crippen molar-refractivity contribution >= 4 is 21.6 Å². The van der Waals surface area contributed by atoms with Crippen molar-refractivity contribution in [2.45, 2.75) is 18.6 Å². The number of methoxy groups -OCH3 is 1. The summed E-state index contributed by atoms with van der Waals surface area (Å²) in [6.45, 7) is 0.573. The lowest BCUT2D eigenvalue weighted by molar-refractivity contribution is -0.0429.